The van der Waals surface area contributed by atoms with Gasteiger partial charge in [-0.25, -0.2) is 0 Å². The first-order valence-electron chi connectivity index (χ1n) is 6.15. The number of hydrogen-bond donors (Lipinski definition) is 1. The number of carbonyl (C=O) groups excluding carboxylic acids is 1. The fourth-order valence-corrected chi connectivity index (χ4v) is 2.89. The summed E-state index contributed by atoms with van der Waals surface area (Å²) in [6.07, 6.45) is 6.81. The summed E-state index contributed by atoms with van der Waals surface area (Å²) in [5.41, 5.74) is 0. The van der Waals surface area contributed by atoms with Crippen LogP contribution in [0.2, 0.25) is 0 Å². The Morgan fingerprint density at radius 1 is 1.41 bits per heavy atom. The molecule has 0 heterocycles. The highest BCUT2D eigenvalue weighted by atomic mass is 32.2. The van der Waals surface area contributed by atoms with Crippen molar-refractivity contribution in [2.75, 3.05) is 33.2 Å². The normalized spacial score (nSPS) is 24.6. The van der Waals surface area contributed by atoms with Crippen LogP contribution in [0.5, 0.6) is 0 Å². The Bertz CT molecular complexity index is 226. The number of ether oxygens (including phenoxy) is 2. The topological polar surface area (TPSA) is 47.6 Å². The number of carbonyl (C=O) groups is 1. The zero-order valence-electron chi connectivity index (χ0n) is 10.7. The van der Waals surface area contributed by atoms with E-state index < -0.39 is 0 Å². The van der Waals surface area contributed by atoms with Crippen molar-refractivity contribution in [1.82, 2.24) is 5.32 Å². The highest BCUT2D eigenvalue weighted by Crippen LogP contribution is 2.26. The first-order valence-corrected chi connectivity index (χ1v) is 7.44. The van der Waals surface area contributed by atoms with Gasteiger partial charge < -0.3 is 14.8 Å². The van der Waals surface area contributed by atoms with Gasteiger partial charge in [0.25, 0.3) is 0 Å². The van der Waals surface area contributed by atoms with Crippen LogP contribution >= 0.6 is 11.8 Å². The lowest BCUT2D eigenvalue weighted by molar-refractivity contribution is -0.127. The Morgan fingerprint density at radius 3 is 2.94 bits per heavy atom. The minimum atomic E-state index is -0.00661. The third-order valence-corrected chi connectivity index (χ3v) is 4.08. The minimum absolute atomic E-state index is 0.00661. The number of amides is 1. The Hall–Kier alpha value is -0.260. The van der Waals surface area contributed by atoms with Crippen LogP contribution in [0, 0.1) is 0 Å². The molecule has 100 valence electrons. The fourth-order valence-electron chi connectivity index (χ4n) is 2.07. The molecule has 0 aromatic carbocycles. The average Bonchev–Trinajstić information content (AvgIpc) is 2.35. The van der Waals surface area contributed by atoms with Crippen LogP contribution in [0.3, 0.4) is 0 Å². The third-order valence-electron chi connectivity index (χ3n) is 2.99. The van der Waals surface area contributed by atoms with Crippen molar-refractivity contribution in [2.24, 2.45) is 0 Å². The summed E-state index contributed by atoms with van der Waals surface area (Å²) < 4.78 is 10.0. The molecule has 1 saturated carbocycles. The van der Waals surface area contributed by atoms with Crippen LogP contribution in [0.4, 0.5) is 0 Å². The van der Waals surface area contributed by atoms with Gasteiger partial charge in [0.1, 0.15) is 6.61 Å². The summed E-state index contributed by atoms with van der Waals surface area (Å²) in [5.74, 6) is -0.00661. The molecule has 1 rings (SSSR count). The molecule has 0 aliphatic heterocycles. The van der Waals surface area contributed by atoms with E-state index in [1.807, 2.05) is 11.8 Å². The van der Waals surface area contributed by atoms with E-state index >= 15 is 0 Å². The highest BCUT2D eigenvalue weighted by molar-refractivity contribution is 7.99. The SMILES string of the molecule is COCCOCC(=O)NC1CCCC(SC)C1. The van der Waals surface area contributed by atoms with Crippen LogP contribution < -0.4 is 5.32 Å². The second-order valence-electron chi connectivity index (χ2n) is 4.33. The van der Waals surface area contributed by atoms with E-state index in [9.17, 15) is 4.79 Å². The van der Waals surface area contributed by atoms with E-state index in [2.05, 4.69) is 11.6 Å². The first-order chi connectivity index (χ1) is 8.26. The van der Waals surface area contributed by atoms with Crippen LogP contribution in [-0.4, -0.2) is 50.4 Å². The van der Waals surface area contributed by atoms with Crippen LogP contribution in [0.25, 0.3) is 0 Å². The number of methoxy groups -OCH3 is 1. The van der Waals surface area contributed by atoms with Gasteiger partial charge in [-0.15, -0.1) is 0 Å². The molecular weight excluding hydrogens is 238 g/mol. The Balaban J connectivity index is 2.12. The Labute approximate surface area is 108 Å². The molecule has 17 heavy (non-hydrogen) atoms. The molecule has 1 aliphatic rings. The number of thioether (sulfide) groups is 1. The minimum Gasteiger partial charge on any atom is -0.382 e. The molecular formula is C12H23NO3S. The Morgan fingerprint density at radius 2 is 2.24 bits per heavy atom. The van der Waals surface area contributed by atoms with E-state index in [0.717, 1.165) is 12.8 Å². The predicted octanol–water partition coefficient (Wildman–Crippen LogP) is 1.44. The zero-order valence-corrected chi connectivity index (χ0v) is 11.6. The molecule has 0 aromatic rings. The van der Waals surface area contributed by atoms with Crippen LogP contribution in [-0.2, 0) is 14.3 Å². The highest BCUT2D eigenvalue weighted by Gasteiger charge is 2.22. The van der Waals surface area contributed by atoms with Gasteiger partial charge in [-0.2, -0.15) is 11.8 Å². The third kappa shape index (κ3) is 6.29. The molecule has 1 amide bonds. The van der Waals surface area contributed by atoms with Crippen molar-refractivity contribution < 1.29 is 14.3 Å². The maximum absolute atomic E-state index is 11.6. The molecule has 0 spiro atoms. The van der Waals surface area contributed by atoms with Gasteiger partial charge in [-0.3, -0.25) is 4.79 Å². The number of hydrogen-bond acceptors (Lipinski definition) is 4. The summed E-state index contributed by atoms with van der Waals surface area (Å²) in [5, 5.41) is 3.74. The molecule has 4 nitrogen and oxygen atoms in total. The average molecular weight is 261 g/mol. The summed E-state index contributed by atoms with van der Waals surface area (Å²) in [4.78, 5) is 11.6. The first kappa shape index (κ1) is 14.8. The van der Waals surface area contributed by atoms with Crippen molar-refractivity contribution in [3.05, 3.63) is 0 Å². The van der Waals surface area contributed by atoms with Gasteiger partial charge in [0, 0.05) is 18.4 Å². The summed E-state index contributed by atoms with van der Waals surface area (Å²) >= 11 is 1.90. The van der Waals surface area contributed by atoms with Crippen molar-refractivity contribution in [2.45, 2.75) is 37.0 Å². The molecule has 1 fully saturated rings. The summed E-state index contributed by atoms with van der Waals surface area (Å²) in [7, 11) is 1.62. The van der Waals surface area contributed by atoms with Gasteiger partial charge >= 0.3 is 0 Å². The standard InChI is InChI=1S/C12H23NO3S/c1-15-6-7-16-9-12(14)13-10-4-3-5-11(8-10)17-2/h10-11H,3-9H2,1-2H3,(H,13,14). The van der Waals surface area contributed by atoms with E-state index in [4.69, 9.17) is 9.47 Å². The van der Waals surface area contributed by atoms with E-state index in [1.54, 1.807) is 7.11 Å². The molecule has 1 N–H and O–H groups in total. The maximum Gasteiger partial charge on any atom is 0.246 e. The van der Waals surface area contributed by atoms with Gasteiger partial charge in [-0.05, 0) is 25.5 Å². The monoisotopic (exact) mass is 261 g/mol. The molecule has 1 aliphatic carbocycles. The van der Waals surface area contributed by atoms with Crippen LogP contribution in [0.15, 0.2) is 0 Å². The number of rotatable bonds is 7. The zero-order chi connectivity index (χ0) is 12.5. The van der Waals surface area contributed by atoms with Crippen LogP contribution in [0.1, 0.15) is 25.7 Å². The molecule has 5 heteroatoms. The van der Waals surface area contributed by atoms with Crippen molar-refractivity contribution in [1.29, 1.82) is 0 Å². The van der Waals surface area contributed by atoms with E-state index in [-0.39, 0.29) is 12.5 Å². The van der Waals surface area contributed by atoms with Crippen molar-refractivity contribution >= 4 is 17.7 Å². The summed E-state index contributed by atoms with van der Waals surface area (Å²) in [6.45, 7) is 1.15. The molecule has 0 bridgehead atoms. The second-order valence-corrected chi connectivity index (χ2v) is 5.47. The maximum atomic E-state index is 11.6. The Kier molecular flexibility index (Phi) is 7.64. The lowest BCUT2D eigenvalue weighted by Gasteiger charge is -2.28. The number of nitrogens with one attached hydrogen (secondary N) is 1. The van der Waals surface area contributed by atoms with Gasteiger partial charge in [-0.1, -0.05) is 6.42 Å². The van der Waals surface area contributed by atoms with Crippen molar-refractivity contribution in [3.63, 3.8) is 0 Å². The smallest absolute Gasteiger partial charge is 0.246 e. The van der Waals surface area contributed by atoms with Gasteiger partial charge in [0.05, 0.1) is 13.2 Å². The predicted molar refractivity (Wildman–Crippen MR) is 70.4 cm³/mol. The molecule has 0 radical (unpaired) electrons. The molecule has 2 unspecified atom stereocenters. The van der Waals surface area contributed by atoms with Crippen molar-refractivity contribution in [3.8, 4) is 0 Å². The van der Waals surface area contributed by atoms with E-state index in [1.165, 1.54) is 12.8 Å². The molecule has 0 aromatic heterocycles. The summed E-state index contributed by atoms with van der Waals surface area (Å²) in [6, 6.07) is 0.333. The quantitative estimate of drug-likeness (QED) is 0.705. The molecule has 0 saturated heterocycles. The second kappa shape index (κ2) is 8.78. The van der Waals surface area contributed by atoms with Gasteiger partial charge in [0.15, 0.2) is 0 Å². The van der Waals surface area contributed by atoms with E-state index in [0.29, 0.717) is 24.5 Å². The van der Waals surface area contributed by atoms with Gasteiger partial charge in [0.2, 0.25) is 5.91 Å². The lowest BCUT2D eigenvalue weighted by atomic mass is 9.95. The lowest BCUT2D eigenvalue weighted by Crippen LogP contribution is -2.40. The largest absolute Gasteiger partial charge is 0.382 e. The molecule has 2 atom stereocenters. The fraction of sp³-hybridized carbons (Fsp3) is 0.917.